The van der Waals surface area contributed by atoms with Gasteiger partial charge in [0.25, 0.3) is 0 Å². The van der Waals surface area contributed by atoms with E-state index in [0.717, 1.165) is 30.8 Å². The molecule has 0 atom stereocenters. The number of rotatable bonds is 9. The Balaban J connectivity index is 2.35. The average molecular weight is 321 g/mol. The molecule has 0 radical (unpaired) electrons. The molecule has 0 saturated carbocycles. The van der Waals surface area contributed by atoms with Crippen molar-refractivity contribution in [3.8, 4) is 11.5 Å². The van der Waals surface area contributed by atoms with Crippen LogP contribution in [0.15, 0.2) is 18.2 Å². The number of aryl methyl sites for hydroxylation is 1. The first kappa shape index (κ1) is 17.1. The summed E-state index contributed by atoms with van der Waals surface area (Å²) in [5.74, 6) is 1.46. The second-order valence-corrected chi connectivity index (χ2v) is 7.39. The molecule has 0 unspecified atom stereocenters. The van der Waals surface area contributed by atoms with Gasteiger partial charge in [0.05, 0.1) is 19.5 Å². The summed E-state index contributed by atoms with van der Waals surface area (Å²) in [4.78, 5) is 0. The first-order valence-electron chi connectivity index (χ1n) is 6.68. The Hall–Kier alpha value is -0.940. The van der Waals surface area contributed by atoms with E-state index in [4.69, 9.17) is 20.2 Å². The number of hydrogen-bond donors (Lipinski definition) is 0. The molecule has 0 N–H and O–H groups in total. The summed E-state index contributed by atoms with van der Waals surface area (Å²) in [6, 6.07) is 5.88. The third-order valence-corrected chi connectivity index (χ3v) is 4.17. The van der Waals surface area contributed by atoms with Gasteiger partial charge in [-0.25, -0.2) is 8.42 Å². The lowest BCUT2D eigenvalue weighted by Crippen LogP contribution is -2.02. The third kappa shape index (κ3) is 6.48. The molecule has 20 heavy (non-hydrogen) atoms. The fourth-order valence-electron chi connectivity index (χ4n) is 1.79. The van der Waals surface area contributed by atoms with E-state index in [2.05, 4.69) is 6.92 Å². The van der Waals surface area contributed by atoms with Gasteiger partial charge < -0.3 is 9.47 Å². The van der Waals surface area contributed by atoms with Crippen LogP contribution >= 0.6 is 10.7 Å². The number of halogens is 1. The van der Waals surface area contributed by atoms with E-state index in [0.29, 0.717) is 13.0 Å². The molecule has 1 aromatic rings. The van der Waals surface area contributed by atoms with E-state index in [1.165, 1.54) is 5.56 Å². The first-order chi connectivity index (χ1) is 9.46. The second-order valence-electron chi connectivity index (χ2n) is 4.49. The Labute approximate surface area is 125 Å². The van der Waals surface area contributed by atoms with Gasteiger partial charge in [0.1, 0.15) is 0 Å². The quantitative estimate of drug-likeness (QED) is 0.517. The van der Waals surface area contributed by atoms with Crippen LogP contribution in [0.2, 0.25) is 0 Å². The molecule has 4 nitrogen and oxygen atoms in total. The summed E-state index contributed by atoms with van der Waals surface area (Å²) < 4.78 is 32.4. The van der Waals surface area contributed by atoms with Crippen LogP contribution < -0.4 is 9.47 Å². The zero-order valence-corrected chi connectivity index (χ0v) is 13.5. The lowest BCUT2D eigenvalue weighted by Gasteiger charge is -2.11. The number of benzene rings is 1. The Morgan fingerprint density at radius 2 is 1.90 bits per heavy atom. The van der Waals surface area contributed by atoms with Crippen molar-refractivity contribution in [2.75, 3.05) is 19.5 Å². The van der Waals surface area contributed by atoms with Crippen LogP contribution in [0.25, 0.3) is 0 Å². The summed E-state index contributed by atoms with van der Waals surface area (Å²) in [6.07, 6.45) is 3.05. The molecule has 6 heteroatoms. The molecule has 0 aliphatic heterocycles. The summed E-state index contributed by atoms with van der Waals surface area (Å²) in [7, 11) is 3.38. The smallest absolute Gasteiger partial charge is 0.232 e. The first-order valence-corrected chi connectivity index (χ1v) is 9.16. The predicted octanol–water partition coefficient (Wildman–Crippen LogP) is 3.38. The summed E-state index contributed by atoms with van der Waals surface area (Å²) >= 11 is 0. The topological polar surface area (TPSA) is 52.6 Å². The number of unbranched alkanes of at least 4 members (excludes halogenated alkanes) is 2. The largest absolute Gasteiger partial charge is 0.493 e. The van der Waals surface area contributed by atoms with Gasteiger partial charge in [-0.2, -0.15) is 0 Å². The minimum Gasteiger partial charge on any atom is -0.493 e. The highest BCUT2D eigenvalue weighted by molar-refractivity contribution is 8.13. The third-order valence-electron chi connectivity index (χ3n) is 2.93. The molecule has 114 valence electrons. The van der Waals surface area contributed by atoms with Gasteiger partial charge >= 0.3 is 0 Å². The van der Waals surface area contributed by atoms with Gasteiger partial charge in [-0.3, -0.25) is 0 Å². The highest BCUT2D eigenvalue weighted by Gasteiger charge is 2.06. The molecule has 0 heterocycles. The molecule has 1 aromatic carbocycles. The Bertz CT molecular complexity index is 514. The van der Waals surface area contributed by atoms with Crippen LogP contribution in [-0.4, -0.2) is 27.9 Å². The predicted molar refractivity (Wildman–Crippen MR) is 81.4 cm³/mol. The van der Waals surface area contributed by atoms with Crippen LogP contribution in [0, 0.1) is 0 Å². The molecule has 0 aliphatic carbocycles. The maximum atomic E-state index is 10.7. The SMILES string of the molecule is CCc1ccc(OCCCCCS(=O)(=O)Cl)c(OC)c1. The normalized spacial score (nSPS) is 11.3. The van der Waals surface area contributed by atoms with Crippen LogP contribution in [-0.2, 0) is 15.5 Å². The standard InChI is InChI=1S/C14H21ClO4S/c1-3-12-7-8-13(14(11-12)18-2)19-9-5-4-6-10-20(15,16)17/h7-8,11H,3-6,9-10H2,1-2H3. The fraction of sp³-hybridized carbons (Fsp3) is 0.571. The summed E-state index contributed by atoms with van der Waals surface area (Å²) in [6.45, 7) is 2.62. The van der Waals surface area contributed by atoms with E-state index >= 15 is 0 Å². The molecule has 0 amide bonds. The number of hydrogen-bond acceptors (Lipinski definition) is 4. The molecule has 0 aliphatic rings. The van der Waals surface area contributed by atoms with Gasteiger partial charge in [0.2, 0.25) is 9.05 Å². The molecule has 0 bridgehead atoms. The molecular formula is C14H21ClO4S. The van der Waals surface area contributed by atoms with E-state index < -0.39 is 9.05 Å². The van der Waals surface area contributed by atoms with Crippen LogP contribution in [0.1, 0.15) is 31.7 Å². The summed E-state index contributed by atoms with van der Waals surface area (Å²) in [5.41, 5.74) is 1.20. The van der Waals surface area contributed by atoms with Crippen molar-refractivity contribution in [2.24, 2.45) is 0 Å². The Morgan fingerprint density at radius 1 is 1.15 bits per heavy atom. The maximum absolute atomic E-state index is 10.7. The number of ether oxygens (including phenoxy) is 2. The molecular weight excluding hydrogens is 300 g/mol. The molecule has 1 rings (SSSR count). The molecule has 0 fully saturated rings. The van der Waals surface area contributed by atoms with E-state index in [-0.39, 0.29) is 5.75 Å². The monoisotopic (exact) mass is 320 g/mol. The Morgan fingerprint density at radius 3 is 2.50 bits per heavy atom. The zero-order valence-electron chi connectivity index (χ0n) is 11.9. The minimum absolute atomic E-state index is 0.0169. The van der Waals surface area contributed by atoms with Gasteiger partial charge in [-0.1, -0.05) is 13.0 Å². The van der Waals surface area contributed by atoms with Crippen molar-refractivity contribution < 1.29 is 17.9 Å². The molecule has 0 spiro atoms. The van der Waals surface area contributed by atoms with Crippen molar-refractivity contribution in [1.82, 2.24) is 0 Å². The van der Waals surface area contributed by atoms with Crippen molar-refractivity contribution in [2.45, 2.75) is 32.6 Å². The van der Waals surface area contributed by atoms with Crippen molar-refractivity contribution in [3.05, 3.63) is 23.8 Å². The van der Waals surface area contributed by atoms with Crippen molar-refractivity contribution in [1.29, 1.82) is 0 Å². The zero-order chi connectivity index (χ0) is 15.0. The van der Waals surface area contributed by atoms with E-state index in [9.17, 15) is 8.42 Å². The van der Waals surface area contributed by atoms with E-state index in [1.807, 2.05) is 18.2 Å². The maximum Gasteiger partial charge on any atom is 0.232 e. The van der Waals surface area contributed by atoms with Gasteiger partial charge in [0.15, 0.2) is 11.5 Å². The lowest BCUT2D eigenvalue weighted by molar-refractivity contribution is 0.286. The second kappa shape index (κ2) is 8.37. The van der Waals surface area contributed by atoms with Crippen LogP contribution in [0.3, 0.4) is 0 Å². The number of methoxy groups -OCH3 is 1. The van der Waals surface area contributed by atoms with Crippen molar-refractivity contribution >= 4 is 19.7 Å². The fourth-order valence-corrected chi connectivity index (χ4v) is 2.66. The van der Waals surface area contributed by atoms with Gasteiger partial charge in [-0.05, 0) is 43.4 Å². The Kier molecular flexibility index (Phi) is 7.16. The van der Waals surface area contributed by atoms with Gasteiger partial charge in [0, 0.05) is 10.7 Å². The van der Waals surface area contributed by atoms with Gasteiger partial charge in [-0.15, -0.1) is 0 Å². The minimum atomic E-state index is -3.37. The van der Waals surface area contributed by atoms with Crippen molar-refractivity contribution in [3.63, 3.8) is 0 Å². The summed E-state index contributed by atoms with van der Waals surface area (Å²) in [5, 5.41) is 0. The molecule has 0 saturated heterocycles. The van der Waals surface area contributed by atoms with E-state index in [1.54, 1.807) is 7.11 Å². The van der Waals surface area contributed by atoms with Crippen LogP contribution in [0.4, 0.5) is 0 Å². The average Bonchev–Trinajstić information content (AvgIpc) is 2.41. The molecule has 0 aromatic heterocycles. The highest BCUT2D eigenvalue weighted by Crippen LogP contribution is 2.28. The van der Waals surface area contributed by atoms with Crippen LogP contribution in [0.5, 0.6) is 11.5 Å². The highest BCUT2D eigenvalue weighted by atomic mass is 35.7. The lowest BCUT2D eigenvalue weighted by atomic mass is 10.1.